The van der Waals surface area contributed by atoms with E-state index in [1.807, 2.05) is 12.1 Å². The van der Waals surface area contributed by atoms with Crippen LogP contribution in [-0.4, -0.2) is 0 Å². The van der Waals surface area contributed by atoms with Crippen molar-refractivity contribution >= 4 is 0 Å². The lowest BCUT2D eigenvalue weighted by atomic mass is 9.99. The van der Waals surface area contributed by atoms with Crippen LogP contribution >= 0.6 is 0 Å². The van der Waals surface area contributed by atoms with Gasteiger partial charge < -0.3 is 5.73 Å². The van der Waals surface area contributed by atoms with E-state index in [1.165, 1.54) is 22.3 Å². The first kappa shape index (κ1) is 13.2. The Labute approximate surface area is 115 Å². The van der Waals surface area contributed by atoms with Crippen LogP contribution in [0.1, 0.15) is 12.5 Å². The van der Waals surface area contributed by atoms with Crippen molar-refractivity contribution in [2.24, 2.45) is 5.73 Å². The van der Waals surface area contributed by atoms with Crippen LogP contribution in [0.5, 0.6) is 0 Å². The molecule has 2 rings (SSSR count). The van der Waals surface area contributed by atoms with Crippen LogP contribution < -0.4 is 5.73 Å². The summed E-state index contributed by atoms with van der Waals surface area (Å²) in [5.74, 6) is 0. The number of hydrogen-bond acceptors (Lipinski definition) is 1. The van der Waals surface area contributed by atoms with E-state index in [-0.39, 0.29) is 0 Å². The quantitative estimate of drug-likeness (QED) is 0.803. The van der Waals surface area contributed by atoms with Crippen molar-refractivity contribution in [1.29, 1.82) is 0 Å². The lowest BCUT2D eigenvalue weighted by Crippen LogP contribution is -1.88. The third kappa shape index (κ3) is 3.85. The molecule has 0 aliphatic carbocycles. The smallest absolute Gasteiger partial charge is 0.00624 e. The van der Waals surface area contributed by atoms with Gasteiger partial charge in [-0.2, -0.15) is 0 Å². The van der Waals surface area contributed by atoms with E-state index in [0.29, 0.717) is 0 Å². The number of hydrogen-bond donors (Lipinski definition) is 1. The first-order chi connectivity index (χ1) is 9.29. The van der Waals surface area contributed by atoms with E-state index < -0.39 is 0 Å². The SMILES string of the molecule is C/C(=C/C=C\N)Cc1cccc(-c2ccccc2)c1. The second-order valence-corrected chi connectivity index (χ2v) is 4.64. The van der Waals surface area contributed by atoms with Gasteiger partial charge in [-0.05, 0) is 42.3 Å². The molecule has 0 atom stereocenters. The van der Waals surface area contributed by atoms with Crippen molar-refractivity contribution in [3.63, 3.8) is 0 Å². The van der Waals surface area contributed by atoms with E-state index in [0.717, 1.165) is 6.42 Å². The van der Waals surface area contributed by atoms with Gasteiger partial charge in [-0.1, -0.05) is 66.2 Å². The molecule has 19 heavy (non-hydrogen) atoms. The highest BCUT2D eigenvalue weighted by Crippen LogP contribution is 2.21. The molecule has 0 heterocycles. The highest BCUT2D eigenvalue weighted by molar-refractivity contribution is 5.64. The number of allylic oxidation sites excluding steroid dienone is 3. The van der Waals surface area contributed by atoms with Crippen molar-refractivity contribution < 1.29 is 0 Å². The standard InChI is InChI=1S/C18H19N/c1-15(7-6-12-19)13-16-8-5-11-18(14-16)17-9-3-2-4-10-17/h2-12,14H,13,19H2,1H3/b12-6-,15-7-. The molecule has 1 heteroatoms. The molecular weight excluding hydrogens is 230 g/mol. The number of rotatable bonds is 4. The fraction of sp³-hybridized carbons (Fsp3) is 0.111. The zero-order valence-corrected chi connectivity index (χ0v) is 11.2. The molecule has 0 spiro atoms. The summed E-state index contributed by atoms with van der Waals surface area (Å²) in [7, 11) is 0. The van der Waals surface area contributed by atoms with E-state index in [9.17, 15) is 0 Å². The molecule has 96 valence electrons. The third-order valence-electron chi connectivity index (χ3n) is 3.01. The molecule has 0 fully saturated rings. The summed E-state index contributed by atoms with van der Waals surface area (Å²) in [6.07, 6.45) is 6.43. The maximum atomic E-state index is 5.35. The lowest BCUT2D eigenvalue weighted by molar-refractivity contribution is 1.14. The first-order valence-corrected chi connectivity index (χ1v) is 6.48. The Balaban J connectivity index is 2.21. The molecular formula is C18H19N. The average Bonchev–Trinajstić information content (AvgIpc) is 2.46. The van der Waals surface area contributed by atoms with E-state index in [2.05, 4.69) is 61.5 Å². The van der Waals surface area contributed by atoms with Crippen LogP contribution in [0, 0.1) is 0 Å². The molecule has 0 aromatic heterocycles. The summed E-state index contributed by atoms with van der Waals surface area (Å²) in [5, 5.41) is 0. The highest BCUT2D eigenvalue weighted by atomic mass is 14.5. The van der Waals surface area contributed by atoms with E-state index in [4.69, 9.17) is 5.73 Å². The second-order valence-electron chi connectivity index (χ2n) is 4.64. The monoisotopic (exact) mass is 249 g/mol. The molecule has 0 saturated carbocycles. The van der Waals surface area contributed by atoms with Crippen molar-refractivity contribution in [2.75, 3.05) is 0 Å². The van der Waals surface area contributed by atoms with Gasteiger partial charge in [-0.15, -0.1) is 0 Å². The molecule has 0 aliphatic heterocycles. The minimum Gasteiger partial charge on any atom is -0.405 e. The predicted molar refractivity (Wildman–Crippen MR) is 82.7 cm³/mol. The summed E-state index contributed by atoms with van der Waals surface area (Å²) in [5.41, 5.74) is 10.5. The number of benzene rings is 2. The molecule has 2 N–H and O–H groups in total. The van der Waals surface area contributed by atoms with Crippen LogP contribution in [0.25, 0.3) is 11.1 Å². The zero-order valence-electron chi connectivity index (χ0n) is 11.2. The van der Waals surface area contributed by atoms with Gasteiger partial charge in [0.05, 0.1) is 0 Å². The molecule has 0 radical (unpaired) electrons. The predicted octanol–water partition coefficient (Wildman–Crippen LogP) is 4.31. The van der Waals surface area contributed by atoms with Gasteiger partial charge in [-0.3, -0.25) is 0 Å². The molecule has 2 aromatic carbocycles. The Morgan fingerprint density at radius 3 is 2.47 bits per heavy atom. The Kier molecular flexibility index (Phi) is 4.57. The van der Waals surface area contributed by atoms with Crippen molar-refractivity contribution in [3.8, 4) is 11.1 Å². The molecule has 0 amide bonds. The molecule has 2 aromatic rings. The molecule has 1 nitrogen and oxygen atoms in total. The molecule has 0 saturated heterocycles. The maximum Gasteiger partial charge on any atom is -0.00624 e. The van der Waals surface area contributed by atoms with Gasteiger partial charge in [0.25, 0.3) is 0 Å². The summed E-state index contributed by atoms with van der Waals surface area (Å²) in [4.78, 5) is 0. The van der Waals surface area contributed by atoms with Crippen LogP contribution in [0.15, 0.2) is 78.5 Å². The van der Waals surface area contributed by atoms with Crippen LogP contribution in [-0.2, 0) is 6.42 Å². The summed E-state index contributed by atoms with van der Waals surface area (Å²) in [6.45, 7) is 2.12. The van der Waals surface area contributed by atoms with Gasteiger partial charge in [-0.25, -0.2) is 0 Å². The minimum atomic E-state index is 0.949. The van der Waals surface area contributed by atoms with Gasteiger partial charge in [0.2, 0.25) is 0 Å². The number of nitrogens with two attached hydrogens (primary N) is 1. The lowest BCUT2D eigenvalue weighted by Gasteiger charge is -2.06. The van der Waals surface area contributed by atoms with Gasteiger partial charge in [0, 0.05) is 0 Å². The van der Waals surface area contributed by atoms with Gasteiger partial charge >= 0.3 is 0 Å². The topological polar surface area (TPSA) is 26.0 Å². The fourth-order valence-corrected chi connectivity index (χ4v) is 2.09. The van der Waals surface area contributed by atoms with Crippen molar-refractivity contribution in [3.05, 3.63) is 84.1 Å². The largest absolute Gasteiger partial charge is 0.405 e. The molecule has 0 bridgehead atoms. The van der Waals surface area contributed by atoms with Gasteiger partial charge in [0.15, 0.2) is 0 Å². The maximum absolute atomic E-state index is 5.35. The van der Waals surface area contributed by atoms with Crippen molar-refractivity contribution in [2.45, 2.75) is 13.3 Å². The Bertz CT molecular complexity index is 580. The van der Waals surface area contributed by atoms with Crippen LogP contribution in [0.3, 0.4) is 0 Å². The minimum absolute atomic E-state index is 0.949. The van der Waals surface area contributed by atoms with Crippen LogP contribution in [0.4, 0.5) is 0 Å². The van der Waals surface area contributed by atoms with Crippen LogP contribution in [0.2, 0.25) is 0 Å². The summed E-state index contributed by atoms with van der Waals surface area (Å²) < 4.78 is 0. The van der Waals surface area contributed by atoms with Crippen molar-refractivity contribution in [1.82, 2.24) is 0 Å². The fourth-order valence-electron chi connectivity index (χ4n) is 2.09. The first-order valence-electron chi connectivity index (χ1n) is 6.48. The Hall–Kier alpha value is -2.28. The molecule has 0 aliphatic rings. The third-order valence-corrected chi connectivity index (χ3v) is 3.01. The van der Waals surface area contributed by atoms with E-state index in [1.54, 1.807) is 6.20 Å². The second kappa shape index (κ2) is 6.60. The summed E-state index contributed by atoms with van der Waals surface area (Å²) >= 11 is 0. The Morgan fingerprint density at radius 1 is 1.00 bits per heavy atom. The Morgan fingerprint density at radius 2 is 1.74 bits per heavy atom. The normalized spacial score (nSPS) is 11.9. The molecule has 0 unspecified atom stereocenters. The summed E-state index contributed by atoms with van der Waals surface area (Å²) in [6, 6.07) is 19.1. The highest BCUT2D eigenvalue weighted by Gasteiger charge is 1.99. The average molecular weight is 249 g/mol. The van der Waals surface area contributed by atoms with Gasteiger partial charge in [0.1, 0.15) is 0 Å². The van der Waals surface area contributed by atoms with E-state index >= 15 is 0 Å². The zero-order chi connectivity index (χ0) is 13.5.